The highest BCUT2D eigenvalue weighted by Gasteiger charge is 2.17. The smallest absolute Gasteiger partial charge is 0.228 e. The van der Waals surface area contributed by atoms with Gasteiger partial charge in [0.2, 0.25) is 5.91 Å². The number of nitrogen functional groups attached to an aromatic ring is 1. The molecule has 1 aliphatic heterocycles. The number of carbonyl (C=O) groups is 1. The Balaban J connectivity index is 1.86. The molecule has 0 saturated heterocycles. The first-order valence-electron chi connectivity index (χ1n) is 5.76. The van der Waals surface area contributed by atoms with Gasteiger partial charge in [-0.25, -0.2) is 0 Å². The summed E-state index contributed by atoms with van der Waals surface area (Å²) in [5.74, 6) is 0.0473. The van der Waals surface area contributed by atoms with E-state index in [4.69, 9.17) is 5.73 Å². The molecule has 1 aliphatic rings. The number of hydrogen-bond donors (Lipinski definition) is 3. The van der Waals surface area contributed by atoms with E-state index in [9.17, 15) is 4.79 Å². The molecule has 4 nitrogen and oxygen atoms in total. The molecule has 3 rings (SSSR count). The van der Waals surface area contributed by atoms with E-state index in [0.29, 0.717) is 6.42 Å². The molecule has 0 aliphatic carbocycles. The van der Waals surface area contributed by atoms with Crippen molar-refractivity contribution in [2.24, 2.45) is 0 Å². The fraction of sp³-hybridized carbons (Fsp3) is 0.0714. The van der Waals surface area contributed by atoms with Gasteiger partial charge in [-0.2, -0.15) is 0 Å². The average Bonchev–Trinajstić information content (AvgIpc) is 2.68. The molecule has 0 unspecified atom stereocenters. The minimum absolute atomic E-state index is 0.0473. The molecule has 90 valence electrons. The minimum Gasteiger partial charge on any atom is -0.399 e. The van der Waals surface area contributed by atoms with Crippen molar-refractivity contribution < 1.29 is 4.79 Å². The van der Waals surface area contributed by atoms with Gasteiger partial charge in [0.1, 0.15) is 0 Å². The normalized spacial score (nSPS) is 13.0. The van der Waals surface area contributed by atoms with Gasteiger partial charge in [0, 0.05) is 22.7 Å². The van der Waals surface area contributed by atoms with Crippen molar-refractivity contribution in [1.29, 1.82) is 0 Å². The van der Waals surface area contributed by atoms with Gasteiger partial charge in [-0.3, -0.25) is 4.79 Å². The number of fused-ring (bicyclic) bond motifs is 1. The second-order valence-corrected chi connectivity index (χ2v) is 4.35. The fourth-order valence-electron chi connectivity index (χ4n) is 2.09. The van der Waals surface area contributed by atoms with E-state index in [0.717, 1.165) is 28.3 Å². The summed E-state index contributed by atoms with van der Waals surface area (Å²) in [5.41, 5.74) is 10.3. The number of nitrogens with two attached hydrogens (primary N) is 1. The summed E-state index contributed by atoms with van der Waals surface area (Å²) in [6.45, 7) is 0. The van der Waals surface area contributed by atoms with Crippen LogP contribution in [-0.2, 0) is 11.2 Å². The lowest BCUT2D eigenvalue weighted by atomic mass is 10.1. The predicted molar refractivity (Wildman–Crippen MR) is 72.9 cm³/mol. The lowest BCUT2D eigenvalue weighted by Crippen LogP contribution is -2.03. The summed E-state index contributed by atoms with van der Waals surface area (Å²) in [6.07, 6.45) is 0.446. The van der Waals surface area contributed by atoms with E-state index in [1.54, 1.807) is 0 Å². The molecular formula is C14H13N3O. The molecule has 0 spiro atoms. The first-order chi connectivity index (χ1) is 8.70. The Hall–Kier alpha value is -2.49. The molecule has 2 aromatic rings. The highest BCUT2D eigenvalue weighted by molar-refractivity contribution is 5.99. The number of amides is 1. The molecule has 1 amide bonds. The third-order valence-corrected chi connectivity index (χ3v) is 2.91. The Morgan fingerprint density at radius 2 is 1.94 bits per heavy atom. The zero-order valence-corrected chi connectivity index (χ0v) is 9.73. The summed E-state index contributed by atoms with van der Waals surface area (Å²) in [6, 6.07) is 13.4. The maximum Gasteiger partial charge on any atom is 0.228 e. The van der Waals surface area contributed by atoms with Crippen molar-refractivity contribution in [3.8, 4) is 0 Å². The molecule has 4 N–H and O–H groups in total. The van der Waals surface area contributed by atoms with Crippen LogP contribution < -0.4 is 16.4 Å². The molecule has 0 aromatic heterocycles. The molecule has 0 bridgehead atoms. The van der Waals surface area contributed by atoms with Gasteiger partial charge in [-0.15, -0.1) is 0 Å². The average molecular weight is 239 g/mol. The Labute approximate surface area is 105 Å². The number of benzene rings is 2. The second kappa shape index (κ2) is 4.07. The molecule has 0 fully saturated rings. The maximum absolute atomic E-state index is 11.3. The molecule has 0 radical (unpaired) electrons. The standard InChI is InChI=1S/C14H13N3O/c15-10-2-1-3-11(8-10)16-12-4-5-13-9(6-12)7-14(18)17-13/h1-6,8,16H,7,15H2,(H,17,18). The van der Waals surface area contributed by atoms with Gasteiger partial charge in [0.25, 0.3) is 0 Å². The van der Waals surface area contributed by atoms with E-state index in [-0.39, 0.29) is 5.91 Å². The Morgan fingerprint density at radius 1 is 1.11 bits per heavy atom. The summed E-state index contributed by atoms with van der Waals surface area (Å²) in [5, 5.41) is 6.08. The third-order valence-electron chi connectivity index (χ3n) is 2.91. The van der Waals surface area contributed by atoms with Crippen LogP contribution in [0.15, 0.2) is 42.5 Å². The van der Waals surface area contributed by atoms with Gasteiger partial charge in [0.05, 0.1) is 6.42 Å². The Bertz CT molecular complexity index is 622. The van der Waals surface area contributed by atoms with Crippen LogP contribution in [0, 0.1) is 0 Å². The van der Waals surface area contributed by atoms with Gasteiger partial charge >= 0.3 is 0 Å². The summed E-state index contributed by atoms with van der Waals surface area (Å²) in [7, 11) is 0. The van der Waals surface area contributed by atoms with Gasteiger partial charge in [-0.1, -0.05) is 6.07 Å². The summed E-state index contributed by atoms with van der Waals surface area (Å²) >= 11 is 0. The molecule has 4 heteroatoms. The molecule has 1 heterocycles. The number of carbonyl (C=O) groups excluding carboxylic acids is 1. The number of hydrogen-bond acceptors (Lipinski definition) is 3. The second-order valence-electron chi connectivity index (χ2n) is 4.35. The lowest BCUT2D eigenvalue weighted by molar-refractivity contribution is -0.115. The minimum atomic E-state index is 0.0473. The lowest BCUT2D eigenvalue weighted by Gasteiger charge is -2.08. The van der Waals surface area contributed by atoms with Crippen LogP contribution in [0.5, 0.6) is 0 Å². The topological polar surface area (TPSA) is 67.1 Å². The first kappa shape index (κ1) is 10.7. The molecule has 18 heavy (non-hydrogen) atoms. The number of nitrogens with one attached hydrogen (secondary N) is 2. The van der Waals surface area contributed by atoms with Crippen LogP contribution in [0.4, 0.5) is 22.7 Å². The van der Waals surface area contributed by atoms with E-state index in [1.165, 1.54) is 0 Å². The third kappa shape index (κ3) is 2.00. The highest BCUT2D eigenvalue weighted by atomic mass is 16.1. The zero-order chi connectivity index (χ0) is 12.5. The van der Waals surface area contributed by atoms with Gasteiger partial charge in [-0.05, 0) is 42.0 Å². The van der Waals surface area contributed by atoms with E-state index >= 15 is 0 Å². The van der Waals surface area contributed by atoms with Crippen molar-refractivity contribution in [1.82, 2.24) is 0 Å². The number of anilines is 4. The predicted octanol–water partition coefficient (Wildman–Crippen LogP) is 2.51. The van der Waals surface area contributed by atoms with Crippen LogP contribution in [0.1, 0.15) is 5.56 Å². The molecular weight excluding hydrogens is 226 g/mol. The van der Waals surface area contributed by atoms with Crippen LogP contribution in [0.2, 0.25) is 0 Å². The van der Waals surface area contributed by atoms with Crippen molar-refractivity contribution in [2.75, 3.05) is 16.4 Å². The highest BCUT2D eigenvalue weighted by Crippen LogP contribution is 2.27. The van der Waals surface area contributed by atoms with Crippen molar-refractivity contribution in [3.05, 3.63) is 48.0 Å². The Kier molecular flexibility index (Phi) is 2.41. The molecule has 0 atom stereocenters. The van der Waals surface area contributed by atoms with E-state index < -0.39 is 0 Å². The Morgan fingerprint density at radius 3 is 2.78 bits per heavy atom. The first-order valence-corrected chi connectivity index (χ1v) is 5.76. The van der Waals surface area contributed by atoms with E-state index in [2.05, 4.69) is 10.6 Å². The molecule has 0 saturated carbocycles. The van der Waals surface area contributed by atoms with Gasteiger partial charge in [0.15, 0.2) is 0 Å². The number of rotatable bonds is 2. The van der Waals surface area contributed by atoms with Crippen molar-refractivity contribution >= 4 is 28.7 Å². The SMILES string of the molecule is Nc1cccc(Nc2ccc3c(c2)CC(=O)N3)c1. The molecule has 2 aromatic carbocycles. The monoisotopic (exact) mass is 239 g/mol. The quantitative estimate of drug-likeness (QED) is 0.705. The van der Waals surface area contributed by atoms with Crippen LogP contribution in [0.3, 0.4) is 0 Å². The van der Waals surface area contributed by atoms with Crippen LogP contribution in [0.25, 0.3) is 0 Å². The zero-order valence-electron chi connectivity index (χ0n) is 9.73. The van der Waals surface area contributed by atoms with Crippen molar-refractivity contribution in [3.63, 3.8) is 0 Å². The maximum atomic E-state index is 11.3. The van der Waals surface area contributed by atoms with E-state index in [1.807, 2.05) is 42.5 Å². The fourth-order valence-corrected chi connectivity index (χ4v) is 2.09. The largest absolute Gasteiger partial charge is 0.399 e. The van der Waals surface area contributed by atoms with Gasteiger partial charge < -0.3 is 16.4 Å². The van der Waals surface area contributed by atoms with Crippen LogP contribution in [-0.4, -0.2) is 5.91 Å². The summed E-state index contributed by atoms with van der Waals surface area (Å²) in [4.78, 5) is 11.3. The summed E-state index contributed by atoms with van der Waals surface area (Å²) < 4.78 is 0. The van der Waals surface area contributed by atoms with Crippen LogP contribution >= 0.6 is 0 Å². The van der Waals surface area contributed by atoms with Crippen molar-refractivity contribution in [2.45, 2.75) is 6.42 Å².